The van der Waals surface area contributed by atoms with Crippen LogP contribution in [-0.4, -0.2) is 34.7 Å². The second kappa shape index (κ2) is 5.03. The van der Waals surface area contributed by atoms with Crippen LogP contribution in [0.25, 0.3) is 0 Å². The molecule has 0 aliphatic rings. The van der Waals surface area contributed by atoms with Gasteiger partial charge in [-0.2, -0.15) is 0 Å². The van der Waals surface area contributed by atoms with Crippen LogP contribution in [0, 0.1) is 0 Å². The van der Waals surface area contributed by atoms with Crippen molar-refractivity contribution in [2.45, 2.75) is 26.4 Å². The number of hydrogen-bond donors (Lipinski definition) is 1. The quantitative estimate of drug-likeness (QED) is 0.826. The highest BCUT2D eigenvalue weighted by Crippen LogP contribution is 2.18. The second-order valence-electron chi connectivity index (χ2n) is 4.59. The molecule has 6 heteroatoms. The fraction of sp³-hybridized carbons (Fsp3) is 0.417. The Bertz CT molecular complexity index is 476. The van der Waals surface area contributed by atoms with Crippen LogP contribution in [0.3, 0.4) is 0 Å². The van der Waals surface area contributed by atoms with Gasteiger partial charge in [0.05, 0.1) is 12.7 Å². The van der Waals surface area contributed by atoms with Crippen molar-refractivity contribution in [3.63, 3.8) is 0 Å². The number of aromatic carboxylic acids is 1. The molecule has 0 unspecified atom stereocenters. The summed E-state index contributed by atoms with van der Waals surface area (Å²) in [5.74, 6) is -1.89. The fourth-order valence-electron chi connectivity index (χ4n) is 1.22. The number of methoxy groups -OCH3 is 1. The van der Waals surface area contributed by atoms with Crippen molar-refractivity contribution in [2.75, 3.05) is 7.11 Å². The van der Waals surface area contributed by atoms with E-state index in [1.54, 1.807) is 20.8 Å². The number of hydrogen-bond acceptors (Lipinski definition) is 5. The first kappa shape index (κ1) is 14.0. The molecule has 18 heavy (non-hydrogen) atoms. The van der Waals surface area contributed by atoms with E-state index in [-0.39, 0.29) is 17.0 Å². The van der Waals surface area contributed by atoms with Crippen LogP contribution < -0.4 is 4.74 Å². The molecule has 0 atom stereocenters. The van der Waals surface area contributed by atoms with Gasteiger partial charge in [-0.1, -0.05) is 0 Å². The standard InChI is InChI=1S/C12H15NO5/c1-12(2,3)18-11(16)7-5-8(10(14)15)9(17-4)13-6-7/h5-6H,1-4H3,(H,14,15). The van der Waals surface area contributed by atoms with E-state index in [1.807, 2.05) is 0 Å². The lowest BCUT2D eigenvalue weighted by Crippen LogP contribution is -2.24. The molecule has 0 aliphatic carbocycles. The van der Waals surface area contributed by atoms with Crippen molar-refractivity contribution in [2.24, 2.45) is 0 Å². The van der Waals surface area contributed by atoms with Gasteiger partial charge in [0.25, 0.3) is 0 Å². The summed E-state index contributed by atoms with van der Waals surface area (Å²) < 4.78 is 9.92. The number of rotatable bonds is 3. The summed E-state index contributed by atoms with van der Waals surface area (Å²) in [6.45, 7) is 5.17. The molecule has 0 spiro atoms. The van der Waals surface area contributed by atoms with Crippen LogP contribution in [0.4, 0.5) is 0 Å². The van der Waals surface area contributed by atoms with E-state index in [1.165, 1.54) is 19.4 Å². The second-order valence-corrected chi connectivity index (χ2v) is 4.59. The van der Waals surface area contributed by atoms with Gasteiger partial charge in [0, 0.05) is 6.20 Å². The Kier molecular flexibility index (Phi) is 3.90. The number of aromatic nitrogens is 1. The van der Waals surface area contributed by atoms with Gasteiger partial charge in [0.1, 0.15) is 11.2 Å². The summed E-state index contributed by atoms with van der Waals surface area (Å²) in [6, 6.07) is 1.18. The summed E-state index contributed by atoms with van der Waals surface area (Å²) >= 11 is 0. The van der Waals surface area contributed by atoms with Crippen LogP contribution >= 0.6 is 0 Å². The van der Waals surface area contributed by atoms with E-state index < -0.39 is 17.5 Å². The van der Waals surface area contributed by atoms with Crippen LogP contribution in [0.5, 0.6) is 5.88 Å². The first-order valence-electron chi connectivity index (χ1n) is 5.25. The van der Waals surface area contributed by atoms with Crippen molar-refractivity contribution < 1.29 is 24.2 Å². The monoisotopic (exact) mass is 253 g/mol. The van der Waals surface area contributed by atoms with Gasteiger partial charge in [0.15, 0.2) is 0 Å². The third-order valence-electron chi connectivity index (χ3n) is 1.91. The van der Waals surface area contributed by atoms with Crippen molar-refractivity contribution >= 4 is 11.9 Å². The number of ether oxygens (including phenoxy) is 2. The van der Waals surface area contributed by atoms with Crippen LogP contribution in [0.15, 0.2) is 12.3 Å². The van der Waals surface area contributed by atoms with Crippen LogP contribution in [0.1, 0.15) is 41.5 Å². The summed E-state index contributed by atoms with van der Waals surface area (Å²) in [7, 11) is 1.31. The van der Waals surface area contributed by atoms with E-state index in [0.717, 1.165) is 0 Å². The molecule has 1 rings (SSSR count). The lowest BCUT2D eigenvalue weighted by atomic mass is 10.1. The van der Waals surface area contributed by atoms with Crippen LogP contribution in [0.2, 0.25) is 0 Å². The maximum absolute atomic E-state index is 11.7. The maximum Gasteiger partial charge on any atom is 0.341 e. The fourth-order valence-corrected chi connectivity index (χ4v) is 1.22. The zero-order chi connectivity index (χ0) is 13.9. The molecule has 98 valence electrons. The average molecular weight is 253 g/mol. The molecular weight excluding hydrogens is 238 g/mol. The number of esters is 1. The summed E-state index contributed by atoms with van der Waals surface area (Å²) in [5, 5.41) is 8.96. The van der Waals surface area contributed by atoms with Gasteiger partial charge < -0.3 is 14.6 Å². The maximum atomic E-state index is 11.7. The molecule has 1 aromatic heterocycles. The molecule has 6 nitrogen and oxygen atoms in total. The van der Waals surface area contributed by atoms with Crippen molar-refractivity contribution in [1.82, 2.24) is 4.98 Å². The highest BCUT2D eigenvalue weighted by Gasteiger charge is 2.21. The molecule has 1 aromatic rings. The molecule has 1 heterocycles. The Hall–Kier alpha value is -2.11. The SMILES string of the molecule is COc1ncc(C(=O)OC(C)(C)C)cc1C(=O)O. The van der Waals surface area contributed by atoms with E-state index >= 15 is 0 Å². The first-order chi connectivity index (χ1) is 8.24. The van der Waals surface area contributed by atoms with Gasteiger partial charge in [-0.15, -0.1) is 0 Å². The number of carbonyl (C=O) groups is 2. The summed E-state index contributed by atoms with van der Waals surface area (Å²) in [5.41, 5.74) is -0.760. The van der Waals surface area contributed by atoms with Crippen molar-refractivity contribution in [3.05, 3.63) is 23.4 Å². The van der Waals surface area contributed by atoms with Crippen molar-refractivity contribution in [3.8, 4) is 5.88 Å². The highest BCUT2D eigenvalue weighted by atomic mass is 16.6. The predicted molar refractivity (Wildman–Crippen MR) is 62.9 cm³/mol. The lowest BCUT2D eigenvalue weighted by molar-refractivity contribution is 0.00690. The number of carboxylic acid groups (broad SMARTS) is 1. The van der Waals surface area contributed by atoms with Gasteiger partial charge in [-0.25, -0.2) is 14.6 Å². The molecule has 0 amide bonds. The largest absolute Gasteiger partial charge is 0.480 e. The Morgan fingerprint density at radius 3 is 2.39 bits per heavy atom. The first-order valence-corrected chi connectivity index (χ1v) is 5.25. The number of carbonyl (C=O) groups excluding carboxylic acids is 1. The molecule has 1 N–H and O–H groups in total. The predicted octanol–water partition coefficient (Wildman–Crippen LogP) is 1.74. The zero-order valence-electron chi connectivity index (χ0n) is 10.7. The minimum absolute atomic E-state index is 0.0465. The van der Waals surface area contributed by atoms with E-state index in [0.29, 0.717) is 0 Å². The minimum atomic E-state index is -1.22. The average Bonchev–Trinajstić information content (AvgIpc) is 2.25. The zero-order valence-corrected chi connectivity index (χ0v) is 10.7. The number of pyridine rings is 1. The third kappa shape index (κ3) is 3.44. The Morgan fingerprint density at radius 2 is 1.94 bits per heavy atom. The molecule has 0 aromatic carbocycles. The smallest absolute Gasteiger partial charge is 0.341 e. The minimum Gasteiger partial charge on any atom is -0.480 e. The summed E-state index contributed by atoms with van der Waals surface area (Å²) in [6.07, 6.45) is 1.22. The van der Waals surface area contributed by atoms with Crippen LogP contribution in [-0.2, 0) is 4.74 Å². The lowest BCUT2D eigenvalue weighted by Gasteiger charge is -2.19. The number of carboxylic acids is 1. The van der Waals surface area contributed by atoms with Gasteiger partial charge >= 0.3 is 11.9 Å². The molecule has 0 aliphatic heterocycles. The molecule has 0 bridgehead atoms. The highest BCUT2D eigenvalue weighted by molar-refractivity contribution is 5.95. The molecule has 0 fully saturated rings. The molecule has 0 saturated heterocycles. The molecule has 0 saturated carbocycles. The topological polar surface area (TPSA) is 85.7 Å². The number of nitrogens with zero attached hydrogens (tertiary/aromatic N) is 1. The molecule has 0 radical (unpaired) electrons. The third-order valence-corrected chi connectivity index (χ3v) is 1.91. The van der Waals surface area contributed by atoms with E-state index in [2.05, 4.69) is 4.98 Å². The Labute approximate surface area is 105 Å². The Morgan fingerprint density at radius 1 is 1.33 bits per heavy atom. The van der Waals surface area contributed by atoms with E-state index in [4.69, 9.17) is 14.6 Å². The molecular formula is C12H15NO5. The van der Waals surface area contributed by atoms with Gasteiger partial charge in [-0.3, -0.25) is 0 Å². The van der Waals surface area contributed by atoms with Crippen molar-refractivity contribution in [1.29, 1.82) is 0 Å². The van der Waals surface area contributed by atoms with E-state index in [9.17, 15) is 9.59 Å². The van der Waals surface area contributed by atoms with Gasteiger partial charge in [-0.05, 0) is 26.8 Å². The van der Waals surface area contributed by atoms with Gasteiger partial charge in [0.2, 0.25) is 5.88 Å². The summed E-state index contributed by atoms with van der Waals surface area (Å²) in [4.78, 5) is 26.5. The normalized spacial score (nSPS) is 10.9. The Balaban J connectivity index is 3.09.